The monoisotopic (exact) mass is 547 g/mol. The number of aliphatic hydroxyl groups is 3. The Kier molecular flexibility index (Phi) is 6.30. The molecule has 1 fully saturated rings. The van der Waals surface area contributed by atoms with Gasteiger partial charge >= 0.3 is 0 Å². The first-order valence-corrected chi connectivity index (χ1v) is 12.9. The van der Waals surface area contributed by atoms with Crippen LogP contribution in [0.5, 0.6) is 5.75 Å². The summed E-state index contributed by atoms with van der Waals surface area (Å²) >= 11 is 0. The lowest BCUT2D eigenvalue weighted by Crippen LogP contribution is -2.62. The SMILES string of the molecule is CC(=O)Nc1ccc(-c2ccc(O)c3c2C[C@H]2C[C@H]4[C@H](C(C)C)C(=O)C(C(N)=O)=C(O)[C@@]4(O)C(=O)C2=C3O)cn1. The van der Waals surface area contributed by atoms with E-state index in [1.165, 1.54) is 19.2 Å². The Morgan fingerprint density at radius 2 is 1.82 bits per heavy atom. The number of aliphatic hydroxyl groups excluding tert-OH is 2. The van der Waals surface area contributed by atoms with Crippen LogP contribution in [0.2, 0.25) is 0 Å². The average molecular weight is 548 g/mol. The number of nitrogens with zero attached hydrogens (tertiary/aromatic N) is 1. The molecule has 0 aliphatic heterocycles. The molecule has 0 spiro atoms. The number of carbonyl (C=O) groups is 4. The molecule has 2 amide bonds. The minimum absolute atomic E-state index is 0.00372. The zero-order valence-corrected chi connectivity index (χ0v) is 22.1. The summed E-state index contributed by atoms with van der Waals surface area (Å²) in [6, 6.07) is 6.33. The van der Waals surface area contributed by atoms with Crippen LogP contribution in [0.4, 0.5) is 5.82 Å². The molecule has 11 nitrogen and oxygen atoms in total. The van der Waals surface area contributed by atoms with Crippen molar-refractivity contribution >= 4 is 35.0 Å². The summed E-state index contributed by atoms with van der Waals surface area (Å²) < 4.78 is 0. The molecule has 0 unspecified atom stereocenters. The van der Waals surface area contributed by atoms with Gasteiger partial charge in [0.25, 0.3) is 5.91 Å². The first-order valence-electron chi connectivity index (χ1n) is 12.9. The first-order chi connectivity index (χ1) is 18.8. The van der Waals surface area contributed by atoms with Crippen molar-refractivity contribution in [2.75, 3.05) is 5.32 Å². The predicted octanol–water partition coefficient (Wildman–Crippen LogP) is 2.33. The number of phenolic OH excluding ortho intramolecular Hbond substituents is 1. The number of phenols is 1. The van der Waals surface area contributed by atoms with Gasteiger partial charge < -0.3 is 31.5 Å². The molecule has 11 heteroatoms. The van der Waals surface area contributed by atoms with Gasteiger partial charge in [-0.15, -0.1) is 0 Å². The number of nitrogens with two attached hydrogens (primary N) is 1. The number of hydrogen-bond donors (Lipinski definition) is 6. The number of fused-ring (bicyclic) bond motifs is 3. The summed E-state index contributed by atoms with van der Waals surface area (Å²) in [6.07, 6.45) is 1.72. The van der Waals surface area contributed by atoms with Crippen molar-refractivity contribution in [1.82, 2.24) is 4.98 Å². The van der Waals surface area contributed by atoms with E-state index in [1.807, 2.05) is 0 Å². The Hall–Kier alpha value is -4.51. The zero-order chi connectivity index (χ0) is 29.3. The number of anilines is 1. The number of primary amides is 1. The molecule has 7 N–H and O–H groups in total. The fourth-order valence-corrected chi connectivity index (χ4v) is 6.56. The molecule has 5 rings (SSSR count). The van der Waals surface area contributed by atoms with E-state index in [2.05, 4.69) is 10.3 Å². The second-order valence-electron chi connectivity index (χ2n) is 10.9. The number of carbonyl (C=O) groups excluding carboxylic acids is 4. The fraction of sp³-hybridized carbons (Fsp3) is 0.345. The molecule has 208 valence electrons. The van der Waals surface area contributed by atoms with Crippen LogP contribution in [-0.2, 0) is 25.6 Å². The molecule has 40 heavy (non-hydrogen) atoms. The van der Waals surface area contributed by atoms with E-state index < -0.39 is 63.8 Å². The molecule has 1 aromatic carbocycles. The zero-order valence-electron chi connectivity index (χ0n) is 22.1. The van der Waals surface area contributed by atoms with Gasteiger partial charge in [0.2, 0.25) is 11.7 Å². The van der Waals surface area contributed by atoms with Crippen LogP contribution in [0.3, 0.4) is 0 Å². The second-order valence-corrected chi connectivity index (χ2v) is 10.9. The maximum Gasteiger partial charge on any atom is 0.255 e. The van der Waals surface area contributed by atoms with E-state index in [0.29, 0.717) is 22.5 Å². The second kappa shape index (κ2) is 9.30. The van der Waals surface area contributed by atoms with Gasteiger partial charge in [0, 0.05) is 36.1 Å². The molecule has 4 atom stereocenters. The Balaban J connectivity index is 1.68. The molecule has 1 saturated carbocycles. The standard InChI is InChI=1S/C29H29N3O8/c1-11(2)20-17-9-14-8-16-15(13-4-7-19(31-10-13)32-12(3)33)5-6-18(34)22(16)25(36)21(14)26(37)29(17,40)27(38)23(24(20)35)28(30)39/h4-7,10-11,14,17,20,34,36,38,40H,8-9H2,1-3H3,(H2,30,39)(H,31,32,33)/t14-,17-,20-,29-/m0/s1. The maximum atomic E-state index is 13.9. The normalized spacial score (nSPS) is 25.9. The van der Waals surface area contributed by atoms with E-state index in [1.54, 1.807) is 32.0 Å². The van der Waals surface area contributed by atoms with Crippen molar-refractivity contribution in [2.45, 2.75) is 39.2 Å². The number of ketones is 2. The molecule has 0 bridgehead atoms. The van der Waals surface area contributed by atoms with Crippen molar-refractivity contribution in [1.29, 1.82) is 0 Å². The van der Waals surface area contributed by atoms with Gasteiger partial charge in [-0.2, -0.15) is 0 Å². The quantitative estimate of drug-likeness (QED) is 0.311. The molecular formula is C29H29N3O8. The van der Waals surface area contributed by atoms with Crippen molar-refractivity contribution in [3.63, 3.8) is 0 Å². The average Bonchev–Trinajstić information content (AvgIpc) is 2.86. The lowest BCUT2D eigenvalue weighted by molar-refractivity contribution is -0.155. The summed E-state index contributed by atoms with van der Waals surface area (Å²) in [5.74, 6) is -8.11. The number of benzene rings is 1. The van der Waals surface area contributed by atoms with Gasteiger partial charge in [-0.1, -0.05) is 19.9 Å². The van der Waals surface area contributed by atoms with Crippen molar-refractivity contribution in [2.24, 2.45) is 29.4 Å². The van der Waals surface area contributed by atoms with E-state index >= 15 is 0 Å². The summed E-state index contributed by atoms with van der Waals surface area (Å²) in [4.78, 5) is 54.9. The van der Waals surface area contributed by atoms with Gasteiger partial charge in [0.05, 0.1) is 5.56 Å². The first kappa shape index (κ1) is 27.1. The number of aromatic nitrogens is 1. The molecule has 0 saturated heterocycles. The molecule has 1 aromatic heterocycles. The minimum atomic E-state index is -2.65. The van der Waals surface area contributed by atoms with Crippen LogP contribution in [0.1, 0.15) is 38.3 Å². The maximum absolute atomic E-state index is 13.9. The van der Waals surface area contributed by atoms with Crippen molar-refractivity contribution < 1.29 is 39.6 Å². The van der Waals surface area contributed by atoms with Crippen molar-refractivity contribution in [3.05, 3.63) is 58.5 Å². The third kappa shape index (κ3) is 3.80. The highest BCUT2D eigenvalue weighted by atomic mass is 16.3. The van der Waals surface area contributed by atoms with E-state index in [4.69, 9.17) is 5.73 Å². The number of Topliss-reactive ketones (excluding diaryl/α,β-unsaturated/α-hetero) is 2. The van der Waals surface area contributed by atoms with Crippen LogP contribution in [0.15, 0.2) is 47.4 Å². The highest BCUT2D eigenvalue weighted by Gasteiger charge is 2.64. The Morgan fingerprint density at radius 3 is 2.40 bits per heavy atom. The minimum Gasteiger partial charge on any atom is -0.508 e. The van der Waals surface area contributed by atoms with E-state index in [-0.39, 0.29) is 35.6 Å². The van der Waals surface area contributed by atoms with Crippen LogP contribution >= 0.6 is 0 Å². The number of nitrogens with one attached hydrogen (secondary N) is 1. The van der Waals surface area contributed by atoms with Gasteiger partial charge in [-0.25, -0.2) is 4.98 Å². The van der Waals surface area contributed by atoms with Crippen LogP contribution in [0, 0.1) is 23.7 Å². The highest BCUT2D eigenvalue weighted by Crippen LogP contribution is 2.55. The van der Waals surface area contributed by atoms with Gasteiger partial charge in [0.15, 0.2) is 11.4 Å². The predicted molar refractivity (Wildman–Crippen MR) is 143 cm³/mol. The Labute approximate surface area is 229 Å². The lowest BCUT2D eigenvalue weighted by Gasteiger charge is -2.50. The van der Waals surface area contributed by atoms with Crippen LogP contribution in [0.25, 0.3) is 16.9 Å². The van der Waals surface area contributed by atoms with Gasteiger partial charge in [0.1, 0.15) is 28.7 Å². The Morgan fingerprint density at radius 1 is 1.12 bits per heavy atom. The number of aromatic hydroxyl groups is 1. The third-order valence-electron chi connectivity index (χ3n) is 8.23. The van der Waals surface area contributed by atoms with Crippen LogP contribution < -0.4 is 11.1 Å². The molecule has 3 aliphatic carbocycles. The summed E-state index contributed by atoms with van der Waals surface area (Å²) in [6.45, 7) is 4.78. The van der Waals surface area contributed by atoms with Gasteiger partial charge in [-0.05, 0) is 54.0 Å². The third-order valence-corrected chi connectivity index (χ3v) is 8.23. The lowest BCUT2D eigenvalue weighted by atomic mass is 9.54. The smallest absolute Gasteiger partial charge is 0.255 e. The van der Waals surface area contributed by atoms with Gasteiger partial charge in [-0.3, -0.25) is 19.2 Å². The summed E-state index contributed by atoms with van der Waals surface area (Å²) in [7, 11) is 0. The molecule has 0 radical (unpaired) electrons. The highest BCUT2D eigenvalue weighted by molar-refractivity contribution is 6.23. The molecule has 1 heterocycles. The Bertz CT molecular complexity index is 1560. The van der Waals surface area contributed by atoms with Crippen LogP contribution in [-0.4, -0.2) is 54.4 Å². The van der Waals surface area contributed by atoms with E-state index in [0.717, 1.165) is 0 Å². The fourth-order valence-electron chi connectivity index (χ4n) is 6.56. The number of pyridine rings is 1. The summed E-state index contributed by atoms with van der Waals surface area (Å²) in [5.41, 5.74) is 3.46. The number of hydrogen-bond acceptors (Lipinski definition) is 9. The van der Waals surface area contributed by atoms with E-state index in [9.17, 15) is 39.6 Å². The van der Waals surface area contributed by atoms with Crippen molar-refractivity contribution in [3.8, 4) is 16.9 Å². The molecular weight excluding hydrogens is 518 g/mol. The molecule has 2 aromatic rings. The molecule has 3 aliphatic rings. The largest absolute Gasteiger partial charge is 0.508 e. The summed E-state index contributed by atoms with van der Waals surface area (Å²) in [5, 5.41) is 47.4. The number of amides is 2. The number of rotatable bonds is 4. The topological polar surface area (TPSA) is 200 Å².